The molecule has 0 aliphatic carbocycles. The number of hydrogen-bond acceptors (Lipinski definition) is 3. The quantitative estimate of drug-likeness (QED) is 0.849. The molecule has 1 aromatic carbocycles. The summed E-state index contributed by atoms with van der Waals surface area (Å²) in [5.74, 6) is -1.65. The van der Waals surface area contributed by atoms with E-state index in [2.05, 4.69) is 0 Å². The van der Waals surface area contributed by atoms with E-state index in [0.29, 0.717) is 5.56 Å². The van der Waals surface area contributed by atoms with E-state index in [-0.39, 0.29) is 6.42 Å². The van der Waals surface area contributed by atoms with E-state index < -0.39 is 18.0 Å². The van der Waals surface area contributed by atoms with Crippen LogP contribution < -0.4 is 0 Å². The van der Waals surface area contributed by atoms with Gasteiger partial charge >= 0.3 is 11.9 Å². The molecule has 0 aliphatic rings. The lowest BCUT2D eigenvalue weighted by atomic mass is 9.91. The van der Waals surface area contributed by atoms with Crippen LogP contribution in [0.5, 0.6) is 0 Å². The average Bonchev–Trinajstić information content (AvgIpc) is 2.34. The van der Waals surface area contributed by atoms with E-state index in [0.717, 1.165) is 22.3 Å². The normalized spacial score (nSPS) is 12.1. The van der Waals surface area contributed by atoms with Crippen LogP contribution in [0.4, 0.5) is 0 Å². The lowest BCUT2D eigenvalue weighted by Crippen LogP contribution is -2.21. The van der Waals surface area contributed by atoms with Gasteiger partial charge in [0.2, 0.25) is 6.10 Å². The van der Waals surface area contributed by atoms with Gasteiger partial charge in [-0.2, -0.15) is 0 Å². The Hall–Kier alpha value is -1.84. The zero-order valence-corrected chi connectivity index (χ0v) is 12.0. The summed E-state index contributed by atoms with van der Waals surface area (Å²) in [6, 6.07) is 1.92. The summed E-state index contributed by atoms with van der Waals surface area (Å²) < 4.78 is 5.07. The van der Waals surface area contributed by atoms with Gasteiger partial charge in [0.15, 0.2) is 0 Å². The topological polar surface area (TPSA) is 63.6 Å². The zero-order chi connectivity index (χ0) is 14.7. The molecular formula is C15H20O4. The van der Waals surface area contributed by atoms with E-state index in [1.165, 1.54) is 0 Å². The molecule has 0 saturated carbocycles. The fraction of sp³-hybridized carbons (Fsp3) is 0.467. The predicted octanol–water partition coefficient (Wildman–Crippen LogP) is 3.00. The molecule has 1 unspecified atom stereocenters. The molecule has 0 saturated heterocycles. The lowest BCUT2D eigenvalue weighted by molar-refractivity contribution is -0.164. The van der Waals surface area contributed by atoms with Crippen LogP contribution >= 0.6 is 0 Å². The minimum absolute atomic E-state index is 0.159. The van der Waals surface area contributed by atoms with E-state index in [4.69, 9.17) is 4.74 Å². The summed E-state index contributed by atoms with van der Waals surface area (Å²) in [4.78, 5) is 22.8. The van der Waals surface area contributed by atoms with Gasteiger partial charge in [0.05, 0.1) is 0 Å². The van der Waals surface area contributed by atoms with E-state index in [9.17, 15) is 14.7 Å². The molecule has 19 heavy (non-hydrogen) atoms. The standard InChI is InChI=1S/C15H20O4/c1-6-12(16)19-14(15(17)18)13-9(3)7-8(2)10(4)11(13)5/h7,14H,6H2,1-5H3,(H,17,18). The molecule has 0 aliphatic heterocycles. The van der Waals surface area contributed by atoms with Crippen LogP contribution in [-0.4, -0.2) is 17.0 Å². The van der Waals surface area contributed by atoms with Crippen LogP contribution in [-0.2, 0) is 14.3 Å². The molecule has 0 aromatic heterocycles. The van der Waals surface area contributed by atoms with Gasteiger partial charge in [-0.05, 0) is 49.9 Å². The number of carboxylic acid groups (broad SMARTS) is 1. The number of ether oxygens (including phenoxy) is 1. The van der Waals surface area contributed by atoms with Gasteiger partial charge in [0.25, 0.3) is 0 Å². The van der Waals surface area contributed by atoms with Gasteiger partial charge < -0.3 is 9.84 Å². The summed E-state index contributed by atoms with van der Waals surface area (Å²) in [6.07, 6.45) is -1.07. The Morgan fingerprint density at radius 3 is 2.21 bits per heavy atom. The monoisotopic (exact) mass is 264 g/mol. The molecule has 1 N–H and O–H groups in total. The SMILES string of the molecule is CCC(=O)OC(C(=O)O)c1c(C)cc(C)c(C)c1C. The van der Waals surface area contributed by atoms with Crippen molar-refractivity contribution in [3.05, 3.63) is 33.9 Å². The first-order valence-corrected chi connectivity index (χ1v) is 6.29. The highest BCUT2D eigenvalue weighted by atomic mass is 16.6. The minimum atomic E-state index is -1.23. The second-order valence-electron chi connectivity index (χ2n) is 4.74. The highest BCUT2D eigenvalue weighted by molar-refractivity contribution is 5.80. The number of benzene rings is 1. The number of aryl methyl sites for hydroxylation is 2. The van der Waals surface area contributed by atoms with Crippen molar-refractivity contribution in [2.75, 3.05) is 0 Å². The molecule has 1 rings (SSSR count). The van der Waals surface area contributed by atoms with E-state index in [1.54, 1.807) is 6.92 Å². The number of aliphatic carboxylic acids is 1. The highest BCUT2D eigenvalue weighted by Gasteiger charge is 2.28. The molecule has 0 radical (unpaired) electrons. The van der Waals surface area contributed by atoms with Crippen LogP contribution in [0.25, 0.3) is 0 Å². The van der Waals surface area contributed by atoms with Crippen LogP contribution in [0, 0.1) is 27.7 Å². The highest BCUT2D eigenvalue weighted by Crippen LogP contribution is 2.29. The van der Waals surface area contributed by atoms with Crippen molar-refractivity contribution >= 4 is 11.9 Å². The first-order chi connectivity index (χ1) is 8.79. The smallest absolute Gasteiger partial charge is 0.349 e. The van der Waals surface area contributed by atoms with Gasteiger partial charge in [0, 0.05) is 12.0 Å². The van der Waals surface area contributed by atoms with E-state index >= 15 is 0 Å². The molecule has 1 aromatic rings. The Labute approximate surface area is 113 Å². The minimum Gasteiger partial charge on any atom is -0.478 e. The maximum absolute atomic E-state index is 11.4. The molecule has 0 bridgehead atoms. The van der Waals surface area contributed by atoms with E-state index in [1.807, 2.05) is 33.8 Å². The summed E-state index contributed by atoms with van der Waals surface area (Å²) in [6.45, 7) is 9.26. The van der Waals surface area contributed by atoms with Crippen molar-refractivity contribution in [1.82, 2.24) is 0 Å². The number of esters is 1. The molecule has 1 atom stereocenters. The maximum atomic E-state index is 11.4. The second kappa shape index (κ2) is 5.87. The summed E-state index contributed by atoms with van der Waals surface area (Å²) in [5, 5.41) is 9.30. The Kier molecular flexibility index (Phi) is 4.70. The first-order valence-electron chi connectivity index (χ1n) is 6.29. The van der Waals surface area contributed by atoms with Crippen molar-refractivity contribution in [3.8, 4) is 0 Å². The van der Waals surface area contributed by atoms with Gasteiger partial charge in [-0.25, -0.2) is 4.79 Å². The Morgan fingerprint density at radius 1 is 1.16 bits per heavy atom. The second-order valence-corrected chi connectivity index (χ2v) is 4.74. The van der Waals surface area contributed by atoms with Gasteiger partial charge in [0.1, 0.15) is 0 Å². The number of carboxylic acids is 1. The molecule has 0 amide bonds. The fourth-order valence-corrected chi connectivity index (χ4v) is 2.16. The lowest BCUT2D eigenvalue weighted by Gasteiger charge is -2.20. The Bertz CT molecular complexity index is 517. The third-order valence-corrected chi connectivity index (χ3v) is 3.44. The molecule has 0 heterocycles. The van der Waals surface area contributed by atoms with Crippen LogP contribution in [0.1, 0.15) is 47.3 Å². The first kappa shape index (κ1) is 15.2. The number of carbonyl (C=O) groups excluding carboxylic acids is 1. The Balaban J connectivity index is 3.35. The third-order valence-electron chi connectivity index (χ3n) is 3.44. The fourth-order valence-electron chi connectivity index (χ4n) is 2.16. The third kappa shape index (κ3) is 3.13. The number of rotatable bonds is 4. The summed E-state index contributed by atoms with van der Waals surface area (Å²) in [5.41, 5.74) is 4.41. The van der Waals surface area contributed by atoms with Crippen LogP contribution in [0.15, 0.2) is 6.07 Å². The molecule has 104 valence electrons. The van der Waals surface area contributed by atoms with Crippen molar-refractivity contribution in [2.45, 2.75) is 47.1 Å². The van der Waals surface area contributed by atoms with Crippen molar-refractivity contribution < 1.29 is 19.4 Å². The summed E-state index contributed by atoms with van der Waals surface area (Å²) >= 11 is 0. The van der Waals surface area contributed by atoms with Gasteiger partial charge in [-0.15, -0.1) is 0 Å². The summed E-state index contributed by atoms with van der Waals surface area (Å²) in [7, 11) is 0. The number of hydrogen-bond donors (Lipinski definition) is 1. The predicted molar refractivity (Wildman–Crippen MR) is 72.1 cm³/mol. The van der Waals surface area contributed by atoms with Crippen LogP contribution in [0.3, 0.4) is 0 Å². The van der Waals surface area contributed by atoms with Gasteiger partial charge in [-0.3, -0.25) is 4.79 Å². The maximum Gasteiger partial charge on any atom is 0.349 e. The van der Waals surface area contributed by atoms with Crippen LogP contribution in [0.2, 0.25) is 0 Å². The van der Waals surface area contributed by atoms with Gasteiger partial charge in [-0.1, -0.05) is 13.0 Å². The van der Waals surface area contributed by atoms with Crippen molar-refractivity contribution in [2.24, 2.45) is 0 Å². The zero-order valence-electron chi connectivity index (χ0n) is 12.0. The Morgan fingerprint density at radius 2 is 1.74 bits per heavy atom. The number of carbonyl (C=O) groups is 2. The largest absolute Gasteiger partial charge is 0.478 e. The van der Waals surface area contributed by atoms with Crippen molar-refractivity contribution in [1.29, 1.82) is 0 Å². The molecule has 4 nitrogen and oxygen atoms in total. The van der Waals surface area contributed by atoms with Crippen molar-refractivity contribution in [3.63, 3.8) is 0 Å². The molecule has 0 spiro atoms. The molecule has 4 heteroatoms. The average molecular weight is 264 g/mol. The molecule has 0 fully saturated rings. The molecular weight excluding hydrogens is 244 g/mol.